The number of hydrogen-bond acceptors (Lipinski definition) is 0. The van der Waals surface area contributed by atoms with Gasteiger partial charge in [-0.1, -0.05) is 33.6 Å². The van der Waals surface area contributed by atoms with Crippen LogP contribution in [0.1, 0.15) is 34.1 Å². The van der Waals surface area contributed by atoms with E-state index in [0.717, 1.165) is 11.8 Å². The van der Waals surface area contributed by atoms with Gasteiger partial charge in [-0.3, -0.25) is 0 Å². The molecule has 0 aromatic heterocycles. The zero-order valence-electron chi connectivity index (χ0n) is 6.44. The van der Waals surface area contributed by atoms with E-state index in [4.69, 9.17) is 0 Å². The first-order valence-corrected chi connectivity index (χ1v) is 3.51. The maximum atomic E-state index is 2.37. The van der Waals surface area contributed by atoms with Gasteiger partial charge in [-0.2, -0.15) is 12.3 Å². The third-order valence-electron chi connectivity index (χ3n) is 1.66. The monoisotopic (exact) mass is 113 g/mol. The van der Waals surface area contributed by atoms with Crippen LogP contribution in [0.15, 0.2) is 0 Å². The first kappa shape index (κ1) is 8.00. The molecule has 0 spiro atoms. The standard InChI is InChI=1S/C8H17/c1-5-6-8(4)7(2)3/h6-8H,5H2,1-4H3/q-1. The van der Waals surface area contributed by atoms with Crippen molar-refractivity contribution in [2.75, 3.05) is 0 Å². The molecular formula is C8H17-. The van der Waals surface area contributed by atoms with Gasteiger partial charge in [-0.05, 0) is 0 Å². The normalized spacial score (nSPS) is 14.6. The number of hydrogen-bond donors (Lipinski definition) is 0. The summed E-state index contributed by atoms with van der Waals surface area (Å²) < 4.78 is 0. The fourth-order valence-electron chi connectivity index (χ4n) is 0.644. The maximum Gasteiger partial charge on any atom is -0.0650 e. The Morgan fingerprint density at radius 1 is 1.25 bits per heavy atom. The second-order valence-electron chi connectivity index (χ2n) is 2.75. The van der Waals surface area contributed by atoms with Crippen LogP contribution < -0.4 is 0 Å². The van der Waals surface area contributed by atoms with Crippen LogP contribution in [-0.2, 0) is 0 Å². The lowest BCUT2D eigenvalue weighted by Gasteiger charge is -2.23. The van der Waals surface area contributed by atoms with Gasteiger partial charge in [-0.25, -0.2) is 0 Å². The Bertz CT molecular complexity index is 46.0. The molecule has 0 rings (SSSR count). The topological polar surface area (TPSA) is 0 Å². The van der Waals surface area contributed by atoms with Crippen molar-refractivity contribution >= 4 is 0 Å². The highest BCUT2D eigenvalue weighted by Crippen LogP contribution is 2.13. The predicted octanol–water partition coefficient (Wildman–Crippen LogP) is 2.89. The number of rotatable bonds is 3. The van der Waals surface area contributed by atoms with Crippen molar-refractivity contribution in [3.05, 3.63) is 6.42 Å². The van der Waals surface area contributed by atoms with E-state index in [9.17, 15) is 0 Å². The lowest BCUT2D eigenvalue weighted by atomic mass is 9.94. The highest BCUT2D eigenvalue weighted by molar-refractivity contribution is 4.72. The van der Waals surface area contributed by atoms with E-state index in [1.807, 2.05) is 0 Å². The van der Waals surface area contributed by atoms with E-state index >= 15 is 0 Å². The summed E-state index contributed by atoms with van der Waals surface area (Å²) in [6.45, 7) is 8.99. The van der Waals surface area contributed by atoms with Crippen molar-refractivity contribution in [3.8, 4) is 0 Å². The third kappa shape index (κ3) is 3.06. The van der Waals surface area contributed by atoms with E-state index in [0.29, 0.717) is 0 Å². The van der Waals surface area contributed by atoms with E-state index in [2.05, 4.69) is 34.1 Å². The summed E-state index contributed by atoms with van der Waals surface area (Å²) in [5.74, 6) is 1.61. The Morgan fingerprint density at radius 3 is 1.88 bits per heavy atom. The van der Waals surface area contributed by atoms with Crippen LogP contribution in [0.25, 0.3) is 0 Å². The minimum atomic E-state index is 0.792. The van der Waals surface area contributed by atoms with Crippen molar-refractivity contribution < 1.29 is 0 Å². The van der Waals surface area contributed by atoms with Crippen molar-refractivity contribution in [1.82, 2.24) is 0 Å². The SMILES string of the molecule is CC[CH-]C(C)C(C)C. The van der Waals surface area contributed by atoms with Crippen molar-refractivity contribution in [3.63, 3.8) is 0 Å². The average Bonchev–Trinajstić information content (AvgIpc) is 1.67. The van der Waals surface area contributed by atoms with Crippen LogP contribution in [0.2, 0.25) is 0 Å². The largest absolute Gasteiger partial charge is 0.326 e. The fraction of sp³-hybridized carbons (Fsp3) is 0.875. The summed E-state index contributed by atoms with van der Waals surface area (Å²) in [5, 5.41) is 0. The molecule has 0 aromatic carbocycles. The first-order chi connectivity index (χ1) is 3.68. The van der Waals surface area contributed by atoms with Crippen LogP contribution in [0.5, 0.6) is 0 Å². The molecular weight excluding hydrogens is 96.1 g/mol. The summed E-state index contributed by atoms with van der Waals surface area (Å²) in [5.41, 5.74) is 0. The zero-order chi connectivity index (χ0) is 6.57. The summed E-state index contributed by atoms with van der Waals surface area (Å²) in [4.78, 5) is 0. The summed E-state index contributed by atoms with van der Waals surface area (Å²) in [6.07, 6.45) is 3.57. The molecule has 8 heavy (non-hydrogen) atoms. The molecule has 0 aliphatic carbocycles. The zero-order valence-corrected chi connectivity index (χ0v) is 6.44. The van der Waals surface area contributed by atoms with Gasteiger partial charge in [0.15, 0.2) is 0 Å². The minimum Gasteiger partial charge on any atom is -0.326 e. The Hall–Kier alpha value is 0. The van der Waals surface area contributed by atoms with Crippen LogP contribution in [0.3, 0.4) is 0 Å². The molecule has 0 amide bonds. The molecule has 0 radical (unpaired) electrons. The van der Waals surface area contributed by atoms with Crippen molar-refractivity contribution in [1.29, 1.82) is 0 Å². The van der Waals surface area contributed by atoms with E-state index < -0.39 is 0 Å². The van der Waals surface area contributed by atoms with Gasteiger partial charge in [0.05, 0.1) is 0 Å². The molecule has 0 heteroatoms. The first-order valence-electron chi connectivity index (χ1n) is 3.51. The maximum absolute atomic E-state index is 2.37. The highest BCUT2D eigenvalue weighted by atomic mass is 14.1. The molecule has 0 saturated heterocycles. The van der Waals surface area contributed by atoms with E-state index in [1.165, 1.54) is 6.42 Å². The van der Waals surface area contributed by atoms with Gasteiger partial charge in [0, 0.05) is 0 Å². The highest BCUT2D eigenvalue weighted by Gasteiger charge is 1.94. The lowest BCUT2D eigenvalue weighted by molar-refractivity contribution is 0.464. The molecule has 0 aliphatic heterocycles. The molecule has 0 heterocycles. The molecule has 0 bridgehead atoms. The second kappa shape index (κ2) is 3.94. The van der Waals surface area contributed by atoms with Crippen LogP contribution in [0, 0.1) is 18.3 Å². The lowest BCUT2D eigenvalue weighted by Crippen LogP contribution is -2.02. The smallest absolute Gasteiger partial charge is 0.0650 e. The Kier molecular flexibility index (Phi) is 3.94. The molecule has 1 unspecified atom stereocenters. The molecule has 0 fully saturated rings. The predicted molar refractivity (Wildman–Crippen MR) is 38.6 cm³/mol. The molecule has 1 atom stereocenters. The van der Waals surface area contributed by atoms with Gasteiger partial charge in [0.2, 0.25) is 0 Å². The Morgan fingerprint density at radius 2 is 1.75 bits per heavy atom. The van der Waals surface area contributed by atoms with Gasteiger partial charge in [-0.15, -0.1) is 0 Å². The molecule has 50 valence electrons. The molecule has 0 nitrogen and oxygen atoms in total. The third-order valence-corrected chi connectivity index (χ3v) is 1.66. The molecule has 0 saturated carbocycles. The van der Waals surface area contributed by atoms with E-state index in [1.54, 1.807) is 0 Å². The quantitative estimate of drug-likeness (QED) is 0.494. The van der Waals surface area contributed by atoms with Gasteiger partial charge < -0.3 is 6.42 Å². The summed E-state index contributed by atoms with van der Waals surface area (Å²) in [6, 6.07) is 0. The Balaban J connectivity index is 3.17. The van der Waals surface area contributed by atoms with Crippen molar-refractivity contribution in [2.45, 2.75) is 34.1 Å². The summed E-state index contributed by atoms with van der Waals surface area (Å²) >= 11 is 0. The summed E-state index contributed by atoms with van der Waals surface area (Å²) in [7, 11) is 0. The molecule has 0 N–H and O–H groups in total. The molecule has 0 aromatic rings. The van der Waals surface area contributed by atoms with Crippen LogP contribution in [0.4, 0.5) is 0 Å². The van der Waals surface area contributed by atoms with Gasteiger partial charge in [0.25, 0.3) is 0 Å². The Labute approximate surface area is 53.3 Å². The fourth-order valence-corrected chi connectivity index (χ4v) is 0.644. The average molecular weight is 113 g/mol. The van der Waals surface area contributed by atoms with Crippen molar-refractivity contribution in [2.24, 2.45) is 11.8 Å². The second-order valence-corrected chi connectivity index (χ2v) is 2.75. The minimum absolute atomic E-state index is 0.792. The van der Waals surface area contributed by atoms with Crippen LogP contribution in [-0.4, -0.2) is 0 Å². The van der Waals surface area contributed by atoms with Crippen LogP contribution >= 0.6 is 0 Å². The molecule has 0 aliphatic rings. The van der Waals surface area contributed by atoms with Gasteiger partial charge in [0.1, 0.15) is 0 Å². The van der Waals surface area contributed by atoms with Gasteiger partial charge >= 0.3 is 0 Å². The van der Waals surface area contributed by atoms with E-state index in [-0.39, 0.29) is 0 Å².